The third-order valence-corrected chi connectivity index (χ3v) is 4.12. The highest BCUT2D eigenvalue weighted by Crippen LogP contribution is 2.31. The number of rotatable bonds is 3. The van der Waals surface area contributed by atoms with Crippen LogP contribution in [0.25, 0.3) is 0 Å². The molecule has 0 atom stereocenters. The number of amides is 1. The minimum absolute atomic E-state index is 0.0686. The molecule has 8 heteroatoms. The molecule has 1 fully saturated rings. The van der Waals surface area contributed by atoms with Crippen LogP contribution >= 0.6 is 11.5 Å². The quantitative estimate of drug-likeness (QED) is 0.821. The minimum atomic E-state index is -0.442. The molecule has 1 amide bonds. The predicted octanol–water partition coefficient (Wildman–Crippen LogP) is 0.571. The molecule has 7 nitrogen and oxygen atoms in total. The Morgan fingerprint density at radius 3 is 2.55 bits per heavy atom. The first kappa shape index (κ1) is 14.6. The summed E-state index contributed by atoms with van der Waals surface area (Å²) in [6, 6.07) is 0. The van der Waals surface area contributed by atoms with E-state index in [-0.39, 0.29) is 11.7 Å². The van der Waals surface area contributed by atoms with Crippen molar-refractivity contribution in [3.8, 4) is 0 Å². The van der Waals surface area contributed by atoms with Crippen molar-refractivity contribution in [2.75, 3.05) is 43.4 Å². The smallest absolute Gasteiger partial charge is 0.345 e. The SMILES string of the molecule is CCOC(=O)c1c(N)nsc1N1CCN(C(C)=O)CC1. The first-order valence-electron chi connectivity index (χ1n) is 6.47. The maximum atomic E-state index is 11.9. The van der Waals surface area contributed by atoms with Crippen molar-refractivity contribution in [1.29, 1.82) is 0 Å². The van der Waals surface area contributed by atoms with Crippen LogP contribution in [0.2, 0.25) is 0 Å². The monoisotopic (exact) mass is 298 g/mol. The molecule has 2 rings (SSSR count). The summed E-state index contributed by atoms with van der Waals surface area (Å²) in [5.74, 6) is -0.167. The lowest BCUT2D eigenvalue weighted by molar-refractivity contribution is -0.129. The number of carbonyl (C=O) groups excluding carboxylic acids is 2. The van der Waals surface area contributed by atoms with Gasteiger partial charge in [-0.3, -0.25) is 4.79 Å². The van der Waals surface area contributed by atoms with Crippen LogP contribution in [0.15, 0.2) is 0 Å². The van der Waals surface area contributed by atoms with Gasteiger partial charge in [-0.1, -0.05) is 0 Å². The van der Waals surface area contributed by atoms with Crippen LogP contribution in [0.1, 0.15) is 24.2 Å². The normalized spacial score (nSPS) is 15.3. The maximum Gasteiger partial charge on any atom is 0.345 e. The van der Waals surface area contributed by atoms with Gasteiger partial charge in [-0.15, -0.1) is 0 Å². The molecule has 1 aliphatic heterocycles. The fourth-order valence-electron chi connectivity index (χ4n) is 2.13. The molecule has 0 aromatic carbocycles. The number of aromatic nitrogens is 1. The highest BCUT2D eigenvalue weighted by molar-refractivity contribution is 7.11. The van der Waals surface area contributed by atoms with Crippen LogP contribution < -0.4 is 10.6 Å². The Hall–Kier alpha value is -1.83. The molecule has 0 unspecified atom stereocenters. The lowest BCUT2D eigenvalue weighted by atomic mass is 10.2. The second kappa shape index (κ2) is 6.08. The molecule has 110 valence electrons. The largest absolute Gasteiger partial charge is 0.462 e. The van der Waals surface area contributed by atoms with Gasteiger partial charge in [-0.05, 0) is 18.5 Å². The molecule has 0 saturated carbocycles. The summed E-state index contributed by atoms with van der Waals surface area (Å²) in [6.45, 7) is 6.20. The van der Waals surface area contributed by atoms with Crippen molar-refractivity contribution in [3.05, 3.63) is 5.56 Å². The second-order valence-electron chi connectivity index (χ2n) is 4.46. The highest BCUT2D eigenvalue weighted by Gasteiger charge is 2.27. The highest BCUT2D eigenvalue weighted by atomic mass is 32.1. The third kappa shape index (κ3) is 2.84. The molecule has 2 N–H and O–H groups in total. The van der Waals surface area contributed by atoms with Gasteiger partial charge in [0, 0.05) is 33.1 Å². The van der Waals surface area contributed by atoms with Gasteiger partial charge in [0.1, 0.15) is 10.6 Å². The van der Waals surface area contributed by atoms with Gasteiger partial charge in [0.25, 0.3) is 0 Å². The Bertz CT molecular complexity index is 509. The standard InChI is InChI=1S/C12H18N4O3S/c1-3-19-12(18)9-10(13)14-20-11(9)16-6-4-15(5-7-16)8(2)17/h3-7H2,1-2H3,(H2,13,14). The van der Waals surface area contributed by atoms with Crippen molar-refractivity contribution in [2.45, 2.75) is 13.8 Å². The maximum absolute atomic E-state index is 11.9. The first-order valence-corrected chi connectivity index (χ1v) is 7.24. The van der Waals surface area contributed by atoms with E-state index in [0.717, 1.165) is 5.00 Å². The van der Waals surface area contributed by atoms with Crippen LogP contribution in [0, 0.1) is 0 Å². The number of piperazine rings is 1. The van der Waals surface area contributed by atoms with Gasteiger partial charge < -0.3 is 20.3 Å². The summed E-state index contributed by atoms with van der Waals surface area (Å²) < 4.78 is 9.06. The van der Waals surface area contributed by atoms with Gasteiger partial charge in [-0.25, -0.2) is 4.79 Å². The number of hydrogen-bond donors (Lipinski definition) is 1. The van der Waals surface area contributed by atoms with E-state index in [9.17, 15) is 9.59 Å². The molecule has 20 heavy (non-hydrogen) atoms. The Balaban J connectivity index is 2.14. The molecule has 2 heterocycles. The zero-order valence-corrected chi connectivity index (χ0v) is 12.4. The molecule has 1 aliphatic rings. The van der Waals surface area contributed by atoms with Crippen LogP contribution in [0.4, 0.5) is 10.8 Å². The summed E-state index contributed by atoms with van der Waals surface area (Å²) in [7, 11) is 0. The van der Waals surface area contributed by atoms with Gasteiger partial charge in [0.05, 0.1) is 6.61 Å². The van der Waals surface area contributed by atoms with Crippen molar-refractivity contribution in [3.63, 3.8) is 0 Å². The lowest BCUT2D eigenvalue weighted by Gasteiger charge is -2.34. The molecule has 0 radical (unpaired) electrons. The van der Waals surface area contributed by atoms with E-state index in [2.05, 4.69) is 4.37 Å². The number of nitrogens with zero attached hydrogens (tertiary/aromatic N) is 3. The first-order chi connectivity index (χ1) is 9.54. The number of anilines is 2. The van der Waals surface area contributed by atoms with Crippen LogP contribution in [-0.4, -0.2) is 53.9 Å². The van der Waals surface area contributed by atoms with E-state index in [1.165, 1.54) is 11.5 Å². The summed E-state index contributed by atoms with van der Waals surface area (Å²) in [5.41, 5.74) is 6.10. The Morgan fingerprint density at radius 1 is 1.35 bits per heavy atom. The topological polar surface area (TPSA) is 88.8 Å². The second-order valence-corrected chi connectivity index (χ2v) is 5.21. The zero-order chi connectivity index (χ0) is 14.7. The van der Waals surface area contributed by atoms with Crippen LogP contribution in [-0.2, 0) is 9.53 Å². The number of esters is 1. The molecular formula is C12H18N4O3S. The number of ether oxygens (including phenoxy) is 1. The van der Waals surface area contributed by atoms with Gasteiger partial charge in [0.15, 0.2) is 5.82 Å². The van der Waals surface area contributed by atoms with E-state index in [1.807, 2.05) is 4.90 Å². The molecule has 1 aromatic heterocycles. The Kier molecular flexibility index (Phi) is 4.43. The summed E-state index contributed by atoms with van der Waals surface area (Å²) in [4.78, 5) is 27.1. The van der Waals surface area contributed by atoms with E-state index in [0.29, 0.717) is 38.3 Å². The number of carbonyl (C=O) groups is 2. The summed E-state index contributed by atoms with van der Waals surface area (Å²) in [6.07, 6.45) is 0. The fraction of sp³-hybridized carbons (Fsp3) is 0.583. The fourth-order valence-corrected chi connectivity index (χ4v) is 2.98. The molecule has 0 bridgehead atoms. The van der Waals surface area contributed by atoms with Crippen molar-refractivity contribution in [1.82, 2.24) is 9.27 Å². The Labute approximate surface area is 121 Å². The van der Waals surface area contributed by atoms with Crippen LogP contribution in [0.5, 0.6) is 0 Å². The number of nitrogen functional groups attached to an aromatic ring is 1. The zero-order valence-electron chi connectivity index (χ0n) is 11.6. The minimum Gasteiger partial charge on any atom is -0.462 e. The molecular weight excluding hydrogens is 280 g/mol. The molecule has 0 aliphatic carbocycles. The summed E-state index contributed by atoms with van der Waals surface area (Å²) in [5, 5.41) is 0.726. The summed E-state index contributed by atoms with van der Waals surface area (Å²) >= 11 is 1.19. The van der Waals surface area contributed by atoms with Crippen molar-refractivity contribution >= 4 is 34.2 Å². The van der Waals surface area contributed by atoms with Crippen molar-refractivity contribution < 1.29 is 14.3 Å². The Morgan fingerprint density at radius 2 is 2.00 bits per heavy atom. The third-order valence-electron chi connectivity index (χ3n) is 3.19. The molecule has 0 spiro atoms. The van der Waals surface area contributed by atoms with Gasteiger partial charge >= 0.3 is 5.97 Å². The van der Waals surface area contributed by atoms with E-state index in [1.54, 1.807) is 18.7 Å². The lowest BCUT2D eigenvalue weighted by Crippen LogP contribution is -2.48. The molecule has 1 aromatic rings. The van der Waals surface area contributed by atoms with E-state index < -0.39 is 5.97 Å². The van der Waals surface area contributed by atoms with E-state index >= 15 is 0 Å². The van der Waals surface area contributed by atoms with Crippen molar-refractivity contribution in [2.24, 2.45) is 0 Å². The predicted molar refractivity (Wildman–Crippen MR) is 76.9 cm³/mol. The molecule has 1 saturated heterocycles. The number of nitrogens with two attached hydrogens (primary N) is 1. The average Bonchev–Trinajstić information content (AvgIpc) is 2.81. The van der Waals surface area contributed by atoms with E-state index in [4.69, 9.17) is 10.5 Å². The van der Waals surface area contributed by atoms with Crippen LogP contribution in [0.3, 0.4) is 0 Å². The average molecular weight is 298 g/mol. The van der Waals surface area contributed by atoms with Gasteiger partial charge in [0.2, 0.25) is 5.91 Å². The number of hydrogen-bond acceptors (Lipinski definition) is 7. The van der Waals surface area contributed by atoms with Gasteiger partial charge in [-0.2, -0.15) is 4.37 Å².